The van der Waals surface area contributed by atoms with Crippen molar-refractivity contribution in [1.82, 2.24) is 0 Å². The van der Waals surface area contributed by atoms with E-state index in [4.69, 9.17) is 15.2 Å². The van der Waals surface area contributed by atoms with Crippen molar-refractivity contribution in [3.05, 3.63) is 57.6 Å². The Morgan fingerprint density at radius 1 is 1.00 bits per heavy atom. The van der Waals surface area contributed by atoms with Crippen LogP contribution in [-0.2, 0) is 0 Å². The first-order valence-electron chi connectivity index (χ1n) is 6.31. The van der Waals surface area contributed by atoms with Gasteiger partial charge in [0.25, 0.3) is 0 Å². The lowest BCUT2D eigenvalue weighted by Crippen LogP contribution is -2.15. The summed E-state index contributed by atoms with van der Waals surface area (Å²) in [6.07, 6.45) is 0. The van der Waals surface area contributed by atoms with Crippen molar-refractivity contribution >= 4 is 15.9 Å². The number of methoxy groups -OCH3 is 2. The van der Waals surface area contributed by atoms with E-state index in [9.17, 15) is 0 Å². The summed E-state index contributed by atoms with van der Waals surface area (Å²) in [6, 6.07) is 11.4. The van der Waals surface area contributed by atoms with Crippen LogP contribution in [0.25, 0.3) is 0 Å². The molecule has 0 bridgehead atoms. The molecule has 0 heterocycles. The zero-order chi connectivity index (χ0) is 14.7. The van der Waals surface area contributed by atoms with E-state index in [1.54, 1.807) is 14.2 Å². The van der Waals surface area contributed by atoms with Crippen LogP contribution in [0.15, 0.2) is 40.9 Å². The average molecular weight is 336 g/mol. The highest BCUT2D eigenvalue weighted by Crippen LogP contribution is 2.38. The predicted octanol–water partition coefficient (Wildman–Crippen LogP) is 3.82. The second-order valence-corrected chi connectivity index (χ2v) is 5.32. The van der Waals surface area contributed by atoms with Crippen LogP contribution in [0, 0.1) is 6.92 Å². The molecule has 1 atom stereocenters. The van der Waals surface area contributed by atoms with Crippen molar-refractivity contribution < 1.29 is 9.47 Å². The Bertz CT molecular complexity index is 591. The third-order valence-corrected chi connectivity index (χ3v) is 4.42. The van der Waals surface area contributed by atoms with Gasteiger partial charge in [-0.3, -0.25) is 0 Å². The molecule has 0 aromatic heterocycles. The maximum Gasteiger partial charge on any atom is 0.127 e. The van der Waals surface area contributed by atoms with E-state index in [1.807, 2.05) is 43.3 Å². The molecule has 4 heteroatoms. The Hall–Kier alpha value is -1.52. The first-order valence-corrected chi connectivity index (χ1v) is 7.11. The van der Waals surface area contributed by atoms with E-state index in [-0.39, 0.29) is 6.04 Å². The predicted molar refractivity (Wildman–Crippen MR) is 84.5 cm³/mol. The number of nitrogens with two attached hydrogens (primary N) is 1. The van der Waals surface area contributed by atoms with Gasteiger partial charge in [-0.1, -0.05) is 40.2 Å². The van der Waals surface area contributed by atoms with Crippen molar-refractivity contribution in [1.29, 1.82) is 0 Å². The van der Waals surface area contributed by atoms with E-state index in [2.05, 4.69) is 15.9 Å². The van der Waals surface area contributed by atoms with Gasteiger partial charge in [0.05, 0.1) is 25.8 Å². The van der Waals surface area contributed by atoms with E-state index in [1.165, 1.54) is 0 Å². The first-order chi connectivity index (χ1) is 9.60. The number of halogens is 1. The molecule has 3 nitrogen and oxygen atoms in total. The SMILES string of the molecule is COc1cccc(OC)c1C(N)c1cccc(C)c1Br. The Kier molecular flexibility index (Phi) is 4.68. The fraction of sp³-hybridized carbons (Fsp3) is 0.250. The van der Waals surface area contributed by atoms with Gasteiger partial charge in [0.2, 0.25) is 0 Å². The standard InChI is InChI=1S/C16H18BrNO2/c1-10-6-4-7-11(15(10)17)16(18)14-12(19-2)8-5-9-13(14)20-3/h4-9,16H,18H2,1-3H3. The smallest absolute Gasteiger partial charge is 0.127 e. The summed E-state index contributed by atoms with van der Waals surface area (Å²) < 4.78 is 11.9. The second kappa shape index (κ2) is 6.29. The Morgan fingerprint density at radius 2 is 1.55 bits per heavy atom. The second-order valence-electron chi connectivity index (χ2n) is 4.53. The molecule has 0 saturated carbocycles. The summed E-state index contributed by atoms with van der Waals surface area (Å²) >= 11 is 3.61. The summed E-state index contributed by atoms with van der Waals surface area (Å²) in [7, 11) is 3.27. The number of hydrogen-bond acceptors (Lipinski definition) is 3. The van der Waals surface area contributed by atoms with Crippen LogP contribution in [0.4, 0.5) is 0 Å². The highest BCUT2D eigenvalue weighted by atomic mass is 79.9. The highest BCUT2D eigenvalue weighted by molar-refractivity contribution is 9.10. The van der Waals surface area contributed by atoms with Gasteiger partial charge in [0.15, 0.2) is 0 Å². The molecule has 2 aromatic rings. The molecule has 106 valence electrons. The lowest BCUT2D eigenvalue weighted by molar-refractivity contribution is 0.382. The molecular weight excluding hydrogens is 318 g/mol. The third kappa shape index (κ3) is 2.67. The van der Waals surface area contributed by atoms with Crippen LogP contribution < -0.4 is 15.2 Å². The van der Waals surface area contributed by atoms with Crippen molar-refractivity contribution in [2.45, 2.75) is 13.0 Å². The lowest BCUT2D eigenvalue weighted by Gasteiger charge is -2.20. The molecule has 0 aliphatic carbocycles. The van der Waals surface area contributed by atoms with Crippen molar-refractivity contribution in [3.8, 4) is 11.5 Å². The first kappa shape index (κ1) is 14.9. The van der Waals surface area contributed by atoms with Crippen molar-refractivity contribution in [2.75, 3.05) is 14.2 Å². The maximum absolute atomic E-state index is 6.45. The van der Waals surface area contributed by atoms with Gasteiger partial charge in [-0.05, 0) is 30.2 Å². The molecule has 20 heavy (non-hydrogen) atoms. The third-order valence-electron chi connectivity index (χ3n) is 3.33. The Labute approximate surface area is 127 Å². The van der Waals surface area contributed by atoms with Crippen molar-refractivity contribution in [3.63, 3.8) is 0 Å². The zero-order valence-electron chi connectivity index (χ0n) is 11.8. The van der Waals surface area contributed by atoms with E-state index >= 15 is 0 Å². The molecule has 1 unspecified atom stereocenters. The molecule has 0 fully saturated rings. The van der Waals surface area contributed by atoms with E-state index < -0.39 is 0 Å². The van der Waals surface area contributed by atoms with Gasteiger partial charge in [-0.25, -0.2) is 0 Å². The number of aryl methyl sites for hydroxylation is 1. The quantitative estimate of drug-likeness (QED) is 0.923. The van der Waals surface area contributed by atoms with Crippen LogP contribution in [0.3, 0.4) is 0 Å². The number of ether oxygens (including phenoxy) is 2. The van der Waals surface area contributed by atoms with Gasteiger partial charge < -0.3 is 15.2 Å². The fourth-order valence-corrected chi connectivity index (χ4v) is 2.76. The molecule has 0 spiro atoms. The topological polar surface area (TPSA) is 44.5 Å². The summed E-state index contributed by atoms with van der Waals surface area (Å²) in [5.41, 5.74) is 9.45. The number of benzene rings is 2. The normalized spacial score (nSPS) is 12.1. The van der Waals surface area contributed by atoms with E-state index in [0.29, 0.717) is 0 Å². The van der Waals surface area contributed by atoms with Gasteiger partial charge in [-0.15, -0.1) is 0 Å². The summed E-state index contributed by atoms with van der Waals surface area (Å²) in [4.78, 5) is 0. The monoisotopic (exact) mass is 335 g/mol. The molecule has 2 aromatic carbocycles. The van der Waals surface area contributed by atoms with Gasteiger partial charge in [-0.2, -0.15) is 0 Å². The van der Waals surface area contributed by atoms with Crippen molar-refractivity contribution in [2.24, 2.45) is 5.73 Å². The van der Waals surface area contributed by atoms with Gasteiger partial charge in [0.1, 0.15) is 11.5 Å². The summed E-state index contributed by atoms with van der Waals surface area (Å²) in [5.74, 6) is 1.45. The molecule has 0 radical (unpaired) electrons. The highest BCUT2D eigenvalue weighted by Gasteiger charge is 2.21. The van der Waals surface area contributed by atoms with Crippen LogP contribution >= 0.6 is 15.9 Å². The summed E-state index contributed by atoms with van der Waals surface area (Å²) in [6.45, 7) is 2.04. The minimum absolute atomic E-state index is 0.324. The fourth-order valence-electron chi connectivity index (χ4n) is 2.25. The Morgan fingerprint density at radius 3 is 2.10 bits per heavy atom. The summed E-state index contributed by atoms with van der Waals surface area (Å²) in [5, 5.41) is 0. The molecule has 0 amide bonds. The van der Waals surface area contributed by atoms with Crippen LogP contribution in [0.5, 0.6) is 11.5 Å². The molecule has 2 N–H and O–H groups in total. The molecule has 0 aliphatic rings. The molecular formula is C16H18BrNO2. The van der Waals surface area contributed by atoms with Crippen LogP contribution in [-0.4, -0.2) is 14.2 Å². The molecule has 2 rings (SSSR count). The average Bonchev–Trinajstić information content (AvgIpc) is 2.48. The van der Waals surface area contributed by atoms with Gasteiger partial charge >= 0.3 is 0 Å². The number of rotatable bonds is 4. The van der Waals surface area contributed by atoms with Crippen LogP contribution in [0.2, 0.25) is 0 Å². The van der Waals surface area contributed by atoms with Crippen LogP contribution in [0.1, 0.15) is 22.7 Å². The zero-order valence-corrected chi connectivity index (χ0v) is 13.4. The minimum atomic E-state index is -0.324. The van der Waals surface area contributed by atoms with E-state index in [0.717, 1.165) is 32.7 Å². The van der Waals surface area contributed by atoms with Gasteiger partial charge in [0, 0.05) is 4.47 Å². The lowest BCUT2D eigenvalue weighted by atomic mass is 9.96. The number of hydrogen-bond donors (Lipinski definition) is 1. The Balaban J connectivity index is 2.58. The maximum atomic E-state index is 6.45. The molecule has 0 aliphatic heterocycles. The largest absolute Gasteiger partial charge is 0.496 e. The molecule has 0 saturated heterocycles. The minimum Gasteiger partial charge on any atom is -0.496 e.